The van der Waals surface area contributed by atoms with Gasteiger partial charge in [0.15, 0.2) is 8.32 Å². The van der Waals surface area contributed by atoms with Gasteiger partial charge in [-0.3, -0.25) is 4.79 Å². The van der Waals surface area contributed by atoms with Gasteiger partial charge in [-0.15, -0.1) is 0 Å². The number of carbonyl (C=O) groups is 1. The molecule has 2 fully saturated rings. The third-order valence-electron chi connectivity index (χ3n) is 10.8. The Morgan fingerprint density at radius 1 is 1.05 bits per heavy atom. The number of Topliss-reactive ketones (excluding diaryl/α,β-unsaturated/α-hetero) is 1. The Kier molecular flexibility index (Phi) is 8.65. The van der Waals surface area contributed by atoms with Gasteiger partial charge in [-0.1, -0.05) is 47.3 Å². The minimum absolute atomic E-state index is 0.0264. The van der Waals surface area contributed by atoms with E-state index in [9.17, 15) is 4.79 Å². The lowest BCUT2D eigenvalue weighted by molar-refractivity contribution is -0.0780. The van der Waals surface area contributed by atoms with E-state index in [1.165, 1.54) is 0 Å². The molecule has 0 spiro atoms. The first-order valence-electron chi connectivity index (χ1n) is 15.5. The molecular weight excluding hydrogens is 549 g/mol. The maximum absolute atomic E-state index is 14.6. The lowest BCUT2D eigenvalue weighted by Crippen LogP contribution is -2.59. The first-order chi connectivity index (χ1) is 18.6. The van der Waals surface area contributed by atoms with Crippen LogP contribution in [0.5, 0.6) is 0 Å². The third kappa shape index (κ3) is 6.00. The van der Waals surface area contributed by atoms with E-state index < -0.39 is 40.3 Å². The average Bonchev–Trinajstić information content (AvgIpc) is 3.29. The normalized spacial score (nSPS) is 29.7. The Bertz CT molecular complexity index is 1130. The van der Waals surface area contributed by atoms with Gasteiger partial charge in [0.1, 0.15) is 12.3 Å². The second-order valence-electron chi connectivity index (χ2n) is 16.6. The number of nitrogens with zero attached hydrogens (tertiary/aromatic N) is 1. The predicted molar refractivity (Wildman–Crippen MR) is 172 cm³/mol. The summed E-state index contributed by atoms with van der Waals surface area (Å²) in [5.74, 6) is 0.297. The van der Waals surface area contributed by atoms with Crippen molar-refractivity contribution in [3.8, 4) is 0 Å². The topological polar surface area (TPSA) is 68.2 Å². The number of hydrogen-bond donors (Lipinski definition) is 0. The number of methoxy groups -OCH3 is 1. The molecule has 4 atom stereocenters. The molecule has 0 aromatic carbocycles. The zero-order valence-corrected chi connectivity index (χ0v) is 30.3. The molecular formula is C31H56BNO6Si2. The molecule has 0 radical (unpaired) electrons. The van der Waals surface area contributed by atoms with E-state index >= 15 is 0 Å². The number of carbonyl (C=O) groups excluding carboxylic acids is 1. The Hall–Kier alpha value is -0.751. The Morgan fingerprint density at radius 3 is 2.15 bits per heavy atom. The maximum Gasteiger partial charge on any atom is 0.496 e. The molecule has 4 rings (SSSR count). The molecule has 3 aliphatic rings. The predicted octanol–water partition coefficient (Wildman–Crippen LogP) is 6.59. The Labute approximate surface area is 251 Å². The summed E-state index contributed by atoms with van der Waals surface area (Å²) in [4.78, 5) is 14.6. The molecule has 0 N–H and O–H groups in total. The highest BCUT2D eigenvalue weighted by molar-refractivity contribution is 6.76. The zero-order valence-electron chi connectivity index (χ0n) is 28.3. The summed E-state index contributed by atoms with van der Waals surface area (Å²) in [7, 11) is -2.21. The molecule has 7 nitrogen and oxygen atoms in total. The van der Waals surface area contributed by atoms with Gasteiger partial charge in [0.2, 0.25) is 5.78 Å². The number of fused-ring (bicyclic) bond motifs is 4. The first-order valence-corrected chi connectivity index (χ1v) is 22.1. The van der Waals surface area contributed by atoms with Gasteiger partial charge in [-0.05, 0) is 75.7 Å². The summed E-state index contributed by atoms with van der Waals surface area (Å²) >= 11 is 0. The van der Waals surface area contributed by atoms with Crippen LogP contribution in [0.3, 0.4) is 0 Å². The summed E-state index contributed by atoms with van der Waals surface area (Å²) in [5, 5.41) is 0.0686. The van der Waals surface area contributed by atoms with Crippen molar-refractivity contribution >= 4 is 34.8 Å². The third-order valence-corrected chi connectivity index (χ3v) is 17.0. The van der Waals surface area contributed by atoms with Crippen molar-refractivity contribution in [1.82, 2.24) is 4.57 Å². The minimum Gasteiger partial charge on any atom is -0.414 e. The highest BCUT2D eigenvalue weighted by Gasteiger charge is 2.60. The van der Waals surface area contributed by atoms with Crippen LogP contribution in [0.25, 0.3) is 0 Å². The number of ketones is 1. The number of rotatable bonds is 9. The van der Waals surface area contributed by atoms with E-state index in [1.54, 1.807) is 7.11 Å². The number of ether oxygens (including phenoxy) is 2. The summed E-state index contributed by atoms with van der Waals surface area (Å²) in [6.45, 7) is 30.0. The van der Waals surface area contributed by atoms with Gasteiger partial charge >= 0.3 is 7.12 Å². The van der Waals surface area contributed by atoms with Crippen LogP contribution in [0.4, 0.5) is 0 Å². The second-order valence-corrected chi connectivity index (χ2v) is 26.9. The summed E-state index contributed by atoms with van der Waals surface area (Å²) < 4.78 is 34.6. The monoisotopic (exact) mass is 605 g/mol. The zero-order chi connectivity index (χ0) is 31.0. The molecule has 0 unspecified atom stereocenters. The van der Waals surface area contributed by atoms with Gasteiger partial charge in [-0.25, -0.2) is 0 Å². The lowest BCUT2D eigenvalue weighted by atomic mass is 9.59. The van der Waals surface area contributed by atoms with Crippen LogP contribution in [0.1, 0.15) is 90.2 Å². The van der Waals surface area contributed by atoms with Gasteiger partial charge in [0, 0.05) is 39.9 Å². The molecule has 1 saturated carbocycles. The SMILES string of the molecule is CO[C@]12C[C@H](c3c(B4OC(C)(C)C(C)(C)O4)cn(COCC[Si](C)(C)C)c3C1=O)[C@@H](C)[C@H](O[Si](C)(C)C(C)(C)C)C2. The van der Waals surface area contributed by atoms with Gasteiger partial charge < -0.3 is 27.8 Å². The van der Waals surface area contributed by atoms with Crippen molar-refractivity contribution in [2.75, 3.05) is 13.7 Å². The largest absolute Gasteiger partial charge is 0.496 e. The van der Waals surface area contributed by atoms with Crippen LogP contribution in [-0.2, 0) is 29.9 Å². The van der Waals surface area contributed by atoms with E-state index in [0.717, 1.165) is 17.1 Å². The van der Waals surface area contributed by atoms with Crippen LogP contribution in [0.2, 0.25) is 43.8 Å². The highest BCUT2D eigenvalue weighted by Crippen LogP contribution is 2.53. The van der Waals surface area contributed by atoms with Gasteiger partial charge in [-0.2, -0.15) is 0 Å². The van der Waals surface area contributed by atoms with Crippen molar-refractivity contribution < 1.29 is 28.0 Å². The molecule has 232 valence electrons. The van der Waals surface area contributed by atoms with Crippen molar-refractivity contribution in [1.29, 1.82) is 0 Å². The van der Waals surface area contributed by atoms with Gasteiger partial charge in [0.05, 0.1) is 23.0 Å². The maximum atomic E-state index is 14.6. The fraction of sp³-hybridized carbons (Fsp3) is 0.839. The van der Waals surface area contributed by atoms with E-state index in [-0.39, 0.29) is 28.8 Å². The lowest BCUT2D eigenvalue weighted by Gasteiger charge is -2.52. The summed E-state index contributed by atoms with van der Waals surface area (Å²) in [5.41, 5.74) is 0.780. The molecule has 1 aliphatic heterocycles. The molecule has 10 heteroatoms. The van der Waals surface area contributed by atoms with E-state index in [1.807, 2.05) is 4.57 Å². The van der Waals surface area contributed by atoms with Crippen molar-refractivity contribution in [3.63, 3.8) is 0 Å². The quantitative estimate of drug-likeness (QED) is 0.234. The van der Waals surface area contributed by atoms with Crippen LogP contribution in [-0.4, -0.2) is 70.5 Å². The fourth-order valence-electron chi connectivity index (χ4n) is 6.16. The van der Waals surface area contributed by atoms with Crippen molar-refractivity contribution in [2.24, 2.45) is 5.92 Å². The summed E-state index contributed by atoms with van der Waals surface area (Å²) in [6.07, 6.45) is 3.19. The van der Waals surface area contributed by atoms with Crippen LogP contribution in [0.15, 0.2) is 6.20 Å². The minimum atomic E-state index is -2.09. The van der Waals surface area contributed by atoms with Crippen LogP contribution in [0, 0.1) is 5.92 Å². The summed E-state index contributed by atoms with van der Waals surface area (Å²) in [6, 6.07) is 1.07. The number of aromatic nitrogens is 1. The number of hydrogen-bond acceptors (Lipinski definition) is 6. The highest BCUT2D eigenvalue weighted by atomic mass is 28.4. The van der Waals surface area contributed by atoms with E-state index in [4.69, 9.17) is 23.2 Å². The molecule has 2 bridgehead atoms. The molecule has 41 heavy (non-hydrogen) atoms. The Balaban J connectivity index is 1.79. The molecule has 1 aromatic heterocycles. The molecule has 0 amide bonds. The smallest absolute Gasteiger partial charge is 0.414 e. The van der Waals surface area contributed by atoms with Crippen LogP contribution >= 0.6 is 0 Å². The van der Waals surface area contributed by atoms with E-state index in [0.29, 0.717) is 31.9 Å². The van der Waals surface area contributed by atoms with Gasteiger partial charge in [0.25, 0.3) is 0 Å². The van der Waals surface area contributed by atoms with E-state index in [2.05, 4.69) is 94.3 Å². The standard InChI is InChI=1S/C31H56BNO6Si2/c1-21-22-17-31(35-9,18-24(21)37-41(13,14)28(2,3)4)27(34)26-25(22)23(32-38-29(5,6)30(7,8)39-32)19-33(26)20-36-15-16-40(10,11)12/h19,21-22,24H,15-18,20H2,1-14H3/t21-,22+,24-,31+/m1/s1. The molecule has 1 saturated heterocycles. The molecule has 1 aromatic rings. The Morgan fingerprint density at radius 2 is 1.63 bits per heavy atom. The van der Waals surface area contributed by atoms with Crippen LogP contribution < -0.4 is 5.46 Å². The van der Waals surface area contributed by atoms with Crippen molar-refractivity contribution in [2.45, 2.75) is 148 Å². The second kappa shape index (κ2) is 10.7. The van der Waals surface area contributed by atoms with Crippen molar-refractivity contribution in [3.05, 3.63) is 17.5 Å². The fourth-order valence-corrected chi connectivity index (χ4v) is 8.33. The first kappa shape index (κ1) is 33.1. The molecule has 2 aliphatic carbocycles. The average molecular weight is 606 g/mol. The molecule has 2 heterocycles.